The average molecular weight is 324 g/mol. The number of aromatic nitrogens is 3. The maximum atomic E-state index is 12.1. The van der Waals surface area contributed by atoms with E-state index in [9.17, 15) is 9.90 Å². The van der Waals surface area contributed by atoms with E-state index >= 15 is 0 Å². The van der Waals surface area contributed by atoms with Crippen LogP contribution < -0.4 is 5.56 Å². The normalized spacial score (nSPS) is 11.2. The molecule has 2 aromatic heterocycles. The van der Waals surface area contributed by atoms with Gasteiger partial charge in [-0.05, 0) is 23.8 Å². The predicted octanol–water partition coefficient (Wildman–Crippen LogP) is 1.36. The number of aromatic amines is 1. The SMILES string of the molecule is O=c1[nH]c(CCN(CCO)Cc2cccnc2)nc2ccccc12. The summed E-state index contributed by atoms with van der Waals surface area (Å²) in [6.45, 7) is 2.04. The van der Waals surface area contributed by atoms with Crippen molar-refractivity contribution in [2.24, 2.45) is 0 Å². The van der Waals surface area contributed by atoms with Gasteiger partial charge in [-0.2, -0.15) is 0 Å². The monoisotopic (exact) mass is 324 g/mol. The minimum Gasteiger partial charge on any atom is -0.395 e. The van der Waals surface area contributed by atoms with Crippen LogP contribution in [0.2, 0.25) is 0 Å². The molecule has 1 aromatic carbocycles. The molecule has 0 bridgehead atoms. The van der Waals surface area contributed by atoms with Gasteiger partial charge in [-0.25, -0.2) is 4.98 Å². The van der Waals surface area contributed by atoms with Gasteiger partial charge in [0, 0.05) is 38.4 Å². The molecule has 0 fully saturated rings. The number of aliphatic hydroxyl groups excluding tert-OH is 1. The van der Waals surface area contributed by atoms with Crippen LogP contribution in [-0.4, -0.2) is 44.7 Å². The van der Waals surface area contributed by atoms with E-state index in [1.165, 1.54) is 0 Å². The summed E-state index contributed by atoms with van der Waals surface area (Å²) >= 11 is 0. The quantitative estimate of drug-likeness (QED) is 0.686. The van der Waals surface area contributed by atoms with Crippen molar-refractivity contribution in [1.82, 2.24) is 19.9 Å². The van der Waals surface area contributed by atoms with Crippen molar-refractivity contribution in [1.29, 1.82) is 0 Å². The molecule has 0 atom stereocenters. The molecule has 0 radical (unpaired) electrons. The molecule has 0 aliphatic rings. The lowest BCUT2D eigenvalue weighted by molar-refractivity contribution is 0.191. The molecule has 6 nitrogen and oxygen atoms in total. The maximum absolute atomic E-state index is 12.1. The summed E-state index contributed by atoms with van der Waals surface area (Å²) in [5.41, 5.74) is 1.68. The summed E-state index contributed by atoms with van der Waals surface area (Å²) in [5, 5.41) is 9.87. The molecule has 3 rings (SSSR count). The molecule has 24 heavy (non-hydrogen) atoms. The van der Waals surface area contributed by atoms with E-state index in [0.29, 0.717) is 42.8 Å². The fourth-order valence-corrected chi connectivity index (χ4v) is 2.68. The fourth-order valence-electron chi connectivity index (χ4n) is 2.68. The van der Waals surface area contributed by atoms with E-state index in [1.807, 2.05) is 36.5 Å². The van der Waals surface area contributed by atoms with Crippen molar-refractivity contribution in [3.8, 4) is 0 Å². The van der Waals surface area contributed by atoms with Crippen molar-refractivity contribution in [2.75, 3.05) is 19.7 Å². The van der Waals surface area contributed by atoms with E-state index in [4.69, 9.17) is 0 Å². The molecule has 0 aliphatic carbocycles. The van der Waals surface area contributed by atoms with Crippen molar-refractivity contribution >= 4 is 10.9 Å². The topological polar surface area (TPSA) is 82.1 Å². The molecular formula is C18H20N4O2. The Labute approximate surface area is 139 Å². The van der Waals surface area contributed by atoms with Gasteiger partial charge in [0.15, 0.2) is 0 Å². The molecular weight excluding hydrogens is 304 g/mol. The number of hydrogen-bond donors (Lipinski definition) is 2. The van der Waals surface area contributed by atoms with Crippen LogP contribution in [0.15, 0.2) is 53.6 Å². The number of fused-ring (bicyclic) bond motifs is 1. The molecule has 2 N–H and O–H groups in total. The number of hydrogen-bond acceptors (Lipinski definition) is 5. The van der Waals surface area contributed by atoms with E-state index in [2.05, 4.69) is 19.9 Å². The molecule has 0 saturated heterocycles. The summed E-state index contributed by atoms with van der Waals surface area (Å²) in [5.74, 6) is 0.660. The lowest BCUT2D eigenvalue weighted by Gasteiger charge is -2.21. The van der Waals surface area contributed by atoms with Crippen LogP contribution in [0, 0.1) is 0 Å². The Morgan fingerprint density at radius 1 is 1.12 bits per heavy atom. The largest absolute Gasteiger partial charge is 0.395 e. The second-order valence-electron chi connectivity index (χ2n) is 5.64. The number of nitrogens with one attached hydrogen (secondary N) is 1. The standard InChI is InChI=1S/C18H20N4O2/c23-11-10-22(13-14-4-3-8-19-12-14)9-7-17-20-16-6-2-1-5-15(16)18(24)21-17/h1-6,8,12,23H,7,9-11,13H2,(H,20,21,24). The van der Waals surface area contributed by atoms with Gasteiger partial charge in [-0.3, -0.25) is 14.7 Å². The molecule has 3 aromatic rings. The molecule has 124 valence electrons. The molecule has 2 heterocycles. The summed E-state index contributed by atoms with van der Waals surface area (Å²) in [6.07, 6.45) is 4.17. The van der Waals surface area contributed by atoms with Gasteiger partial charge < -0.3 is 10.1 Å². The van der Waals surface area contributed by atoms with Gasteiger partial charge in [0.1, 0.15) is 5.82 Å². The third kappa shape index (κ3) is 4.04. The Kier molecular flexibility index (Phi) is 5.30. The first-order valence-corrected chi connectivity index (χ1v) is 7.96. The van der Waals surface area contributed by atoms with Gasteiger partial charge in [0.2, 0.25) is 0 Å². The zero-order valence-electron chi connectivity index (χ0n) is 13.4. The minimum absolute atomic E-state index is 0.0852. The highest BCUT2D eigenvalue weighted by Gasteiger charge is 2.08. The van der Waals surface area contributed by atoms with Crippen LogP contribution in [0.5, 0.6) is 0 Å². The first-order chi connectivity index (χ1) is 11.8. The van der Waals surface area contributed by atoms with Crippen LogP contribution in [-0.2, 0) is 13.0 Å². The fraction of sp³-hybridized carbons (Fsp3) is 0.278. The van der Waals surface area contributed by atoms with Gasteiger partial charge in [-0.1, -0.05) is 18.2 Å². The number of benzene rings is 1. The van der Waals surface area contributed by atoms with Crippen molar-refractivity contribution in [3.05, 3.63) is 70.5 Å². The van der Waals surface area contributed by atoms with Crippen molar-refractivity contribution in [2.45, 2.75) is 13.0 Å². The van der Waals surface area contributed by atoms with E-state index in [-0.39, 0.29) is 12.2 Å². The first kappa shape index (κ1) is 16.3. The third-order valence-electron chi connectivity index (χ3n) is 3.87. The van der Waals surface area contributed by atoms with Gasteiger partial charge >= 0.3 is 0 Å². The molecule has 0 unspecified atom stereocenters. The first-order valence-electron chi connectivity index (χ1n) is 7.96. The van der Waals surface area contributed by atoms with Crippen LogP contribution in [0.1, 0.15) is 11.4 Å². The van der Waals surface area contributed by atoms with Crippen LogP contribution in [0.4, 0.5) is 0 Å². The molecule has 0 aliphatic heterocycles. The number of rotatable bonds is 7. The number of aliphatic hydroxyl groups is 1. The summed E-state index contributed by atoms with van der Waals surface area (Å²) in [7, 11) is 0. The lowest BCUT2D eigenvalue weighted by atomic mass is 10.2. The van der Waals surface area contributed by atoms with Gasteiger partial charge in [-0.15, -0.1) is 0 Å². The van der Waals surface area contributed by atoms with Crippen LogP contribution >= 0.6 is 0 Å². The number of nitrogens with zero attached hydrogens (tertiary/aromatic N) is 3. The van der Waals surface area contributed by atoms with E-state index in [1.54, 1.807) is 12.3 Å². The highest BCUT2D eigenvalue weighted by atomic mass is 16.3. The Bertz CT molecular complexity index is 848. The molecule has 6 heteroatoms. The van der Waals surface area contributed by atoms with Crippen LogP contribution in [0.25, 0.3) is 10.9 Å². The Morgan fingerprint density at radius 2 is 2.00 bits per heavy atom. The summed E-state index contributed by atoms with van der Waals surface area (Å²) < 4.78 is 0. The second-order valence-corrected chi connectivity index (χ2v) is 5.64. The Balaban J connectivity index is 1.71. The van der Waals surface area contributed by atoms with E-state index in [0.717, 1.165) is 5.56 Å². The maximum Gasteiger partial charge on any atom is 0.258 e. The minimum atomic E-state index is -0.114. The van der Waals surface area contributed by atoms with Gasteiger partial charge in [0.25, 0.3) is 5.56 Å². The number of H-pyrrole nitrogens is 1. The number of para-hydroxylation sites is 1. The zero-order valence-corrected chi connectivity index (χ0v) is 13.4. The lowest BCUT2D eigenvalue weighted by Crippen LogP contribution is -2.29. The highest BCUT2D eigenvalue weighted by Crippen LogP contribution is 2.07. The van der Waals surface area contributed by atoms with Crippen molar-refractivity contribution < 1.29 is 5.11 Å². The van der Waals surface area contributed by atoms with Crippen LogP contribution in [0.3, 0.4) is 0 Å². The van der Waals surface area contributed by atoms with Gasteiger partial charge in [0.05, 0.1) is 17.5 Å². The summed E-state index contributed by atoms with van der Waals surface area (Å²) in [6, 6.07) is 11.2. The number of pyridine rings is 1. The summed E-state index contributed by atoms with van der Waals surface area (Å²) in [4.78, 5) is 25.7. The Morgan fingerprint density at radius 3 is 2.79 bits per heavy atom. The Hall–Kier alpha value is -2.57. The molecule has 0 saturated carbocycles. The van der Waals surface area contributed by atoms with Crippen molar-refractivity contribution in [3.63, 3.8) is 0 Å². The highest BCUT2D eigenvalue weighted by molar-refractivity contribution is 5.77. The third-order valence-corrected chi connectivity index (χ3v) is 3.87. The molecule has 0 spiro atoms. The average Bonchev–Trinajstić information content (AvgIpc) is 2.61. The smallest absolute Gasteiger partial charge is 0.258 e. The zero-order chi connectivity index (χ0) is 16.8. The second kappa shape index (κ2) is 7.81. The van der Waals surface area contributed by atoms with E-state index < -0.39 is 0 Å². The molecule has 0 amide bonds. The predicted molar refractivity (Wildman–Crippen MR) is 92.7 cm³/mol.